The molecule has 2 heterocycles. The molecule has 1 fully saturated rings. The first-order valence-corrected chi connectivity index (χ1v) is 6.66. The maximum Gasteiger partial charge on any atom is 0.267 e. The van der Waals surface area contributed by atoms with Crippen molar-refractivity contribution in [1.29, 1.82) is 0 Å². The van der Waals surface area contributed by atoms with Gasteiger partial charge in [0.25, 0.3) is 5.91 Å². The van der Waals surface area contributed by atoms with Gasteiger partial charge in [0.05, 0.1) is 7.11 Å². The molecular weight excluding hydrogens is 236 g/mol. The van der Waals surface area contributed by atoms with E-state index in [1.165, 1.54) is 11.3 Å². The largest absolute Gasteiger partial charge is 0.495 e. The molecule has 0 saturated carbocycles. The Morgan fingerprint density at radius 1 is 1.47 bits per heavy atom. The van der Waals surface area contributed by atoms with Gasteiger partial charge in [0, 0.05) is 25.2 Å². The second kappa shape index (κ2) is 5.06. The third-order valence-electron chi connectivity index (χ3n) is 2.89. The van der Waals surface area contributed by atoms with E-state index in [1.807, 2.05) is 16.3 Å². The average Bonchev–Trinajstić information content (AvgIpc) is 2.74. The normalized spacial score (nSPS) is 24.8. The Morgan fingerprint density at radius 2 is 2.12 bits per heavy atom. The first kappa shape index (κ1) is 12.4. The van der Waals surface area contributed by atoms with Gasteiger partial charge in [-0.05, 0) is 25.3 Å². The number of ether oxygens (including phenoxy) is 1. The molecule has 4 nitrogen and oxygen atoms in total. The number of methoxy groups -OCH3 is 1. The highest BCUT2D eigenvalue weighted by atomic mass is 32.1. The van der Waals surface area contributed by atoms with Gasteiger partial charge in [-0.25, -0.2) is 0 Å². The predicted octanol–water partition coefficient (Wildman–Crippen LogP) is 1.58. The second-order valence-corrected chi connectivity index (χ2v) is 5.41. The molecule has 1 aromatic heterocycles. The summed E-state index contributed by atoms with van der Waals surface area (Å²) in [6.45, 7) is 5.71. The Kier molecular flexibility index (Phi) is 3.69. The van der Waals surface area contributed by atoms with Crippen LogP contribution < -0.4 is 10.1 Å². The van der Waals surface area contributed by atoms with E-state index in [1.54, 1.807) is 7.11 Å². The summed E-state index contributed by atoms with van der Waals surface area (Å²) in [6.07, 6.45) is 0. The number of carbonyl (C=O) groups excluding carboxylic acids is 1. The van der Waals surface area contributed by atoms with Crippen molar-refractivity contribution in [2.24, 2.45) is 0 Å². The molecule has 1 aromatic rings. The number of thiophene rings is 1. The van der Waals surface area contributed by atoms with Crippen molar-refractivity contribution in [2.45, 2.75) is 25.9 Å². The summed E-state index contributed by atoms with van der Waals surface area (Å²) in [6, 6.07) is 2.52. The van der Waals surface area contributed by atoms with Crippen molar-refractivity contribution in [2.75, 3.05) is 20.2 Å². The van der Waals surface area contributed by atoms with E-state index in [0.29, 0.717) is 22.7 Å². The van der Waals surface area contributed by atoms with Gasteiger partial charge in [-0.3, -0.25) is 4.79 Å². The van der Waals surface area contributed by atoms with E-state index in [0.717, 1.165) is 13.1 Å². The van der Waals surface area contributed by atoms with Crippen LogP contribution in [-0.2, 0) is 0 Å². The van der Waals surface area contributed by atoms with Crippen molar-refractivity contribution in [3.63, 3.8) is 0 Å². The highest BCUT2D eigenvalue weighted by molar-refractivity contribution is 7.12. The van der Waals surface area contributed by atoms with Crippen LogP contribution in [0.3, 0.4) is 0 Å². The fraction of sp³-hybridized carbons (Fsp3) is 0.583. The Balaban J connectivity index is 2.14. The number of hydrogen-bond donors (Lipinski definition) is 1. The molecule has 5 heteroatoms. The quantitative estimate of drug-likeness (QED) is 0.871. The first-order chi connectivity index (χ1) is 8.11. The highest BCUT2D eigenvalue weighted by Crippen LogP contribution is 2.26. The molecule has 2 rings (SSSR count). The predicted molar refractivity (Wildman–Crippen MR) is 68.8 cm³/mol. The molecule has 1 amide bonds. The van der Waals surface area contributed by atoms with Crippen molar-refractivity contribution in [3.8, 4) is 5.75 Å². The van der Waals surface area contributed by atoms with Gasteiger partial charge >= 0.3 is 0 Å². The van der Waals surface area contributed by atoms with Crippen molar-refractivity contribution in [1.82, 2.24) is 10.2 Å². The molecule has 0 radical (unpaired) electrons. The monoisotopic (exact) mass is 254 g/mol. The lowest BCUT2D eigenvalue weighted by molar-refractivity contribution is 0.0675. The summed E-state index contributed by atoms with van der Waals surface area (Å²) in [4.78, 5) is 15.0. The lowest BCUT2D eigenvalue weighted by Crippen LogP contribution is -2.55. The van der Waals surface area contributed by atoms with E-state index in [-0.39, 0.29) is 5.91 Å². The van der Waals surface area contributed by atoms with E-state index in [9.17, 15) is 4.79 Å². The third-order valence-corrected chi connectivity index (χ3v) is 3.77. The van der Waals surface area contributed by atoms with Crippen LogP contribution in [0.15, 0.2) is 11.4 Å². The van der Waals surface area contributed by atoms with Crippen LogP contribution in [0.1, 0.15) is 23.5 Å². The maximum atomic E-state index is 12.4. The Morgan fingerprint density at radius 3 is 2.71 bits per heavy atom. The minimum absolute atomic E-state index is 0.0806. The topological polar surface area (TPSA) is 41.6 Å². The Labute approximate surface area is 106 Å². The van der Waals surface area contributed by atoms with E-state index in [2.05, 4.69) is 19.2 Å². The Bertz CT molecular complexity index is 395. The van der Waals surface area contributed by atoms with Crippen LogP contribution in [-0.4, -0.2) is 43.1 Å². The van der Waals surface area contributed by atoms with Gasteiger partial charge in [-0.2, -0.15) is 0 Å². The molecule has 17 heavy (non-hydrogen) atoms. The molecule has 2 atom stereocenters. The summed E-state index contributed by atoms with van der Waals surface area (Å²) in [5.74, 6) is 0.760. The molecule has 0 aliphatic carbocycles. The van der Waals surface area contributed by atoms with Crippen LogP contribution in [0.5, 0.6) is 5.75 Å². The number of hydrogen-bond acceptors (Lipinski definition) is 4. The summed E-state index contributed by atoms with van der Waals surface area (Å²) in [7, 11) is 1.60. The van der Waals surface area contributed by atoms with Crippen LogP contribution in [0.2, 0.25) is 0 Å². The molecule has 1 aliphatic heterocycles. The molecule has 1 aliphatic rings. The van der Waals surface area contributed by atoms with E-state index >= 15 is 0 Å². The molecule has 0 bridgehead atoms. The maximum absolute atomic E-state index is 12.4. The fourth-order valence-electron chi connectivity index (χ4n) is 2.25. The molecule has 0 spiro atoms. The van der Waals surface area contributed by atoms with Gasteiger partial charge in [-0.15, -0.1) is 11.3 Å². The lowest BCUT2D eigenvalue weighted by atomic mass is 10.1. The van der Waals surface area contributed by atoms with Crippen LogP contribution in [0, 0.1) is 0 Å². The minimum Gasteiger partial charge on any atom is -0.495 e. The van der Waals surface area contributed by atoms with Gasteiger partial charge in [0.2, 0.25) is 0 Å². The van der Waals surface area contributed by atoms with Crippen LogP contribution >= 0.6 is 11.3 Å². The summed E-state index contributed by atoms with van der Waals surface area (Å²) in [5, 5.41) is 5.31. The zero-order chi connectivity index (χ0) is 12.4. The molecule has 94 valence electrons. The summed E-state index contributed by atoms with van der Waals surface area (Å²) in [5.41, 5.74) is 0. The molecular formula is C12H18N2O2S. The van der Waals surface area contributed by atoms with Gasteiger partial charge in [0.1, 0.15) is 10.6 Å². The van der Waals surface area contributed by atoms with Crippen molar-refractivity contribution in [3.05, 3.63) is 16.3 Å². The molecule has 1 saturated heterocycles. The van der Waals surface area contributed by atoms with Crippen molar-refractivity contribution < 1.29 is 9.53 Å². The van der Waals surface area contributed by atoms with E-state index < -0.39 is 0 Å². The number of nitrogens with one attached hydrogen (secondary N) is 1. The number of rotatable bonds is 2. The average molecular weight is 254 g/mol. The SMILES string of the molecule is COc1ccsc1C(=O)N1CC(C)NC(C)C1. The highest BCUT2D eigenvalue weighted by Gasteiger charge is 2.27. The fourth-order valence-corrected chi connectivity index (χ4v) is 3.08. The number of nitrogens with zero attached hydrogens (tertiary/aromatic N) is 1. The van der Waals surface area contributed by atoms with Gasteiger partial charge in [0.15, 0.2) is 0 Å². The zero-order valence-corrected chi connectivity index (χ0v) is 11.2. The lowest BCUT2D eigenvalue weighted by Gasteiger charge is -2.36. The van der Waals surface area contributed by atoms with Crippen LogP contribution in [0.25, 0.3) is 0 Å². The number of carbonyl (C=O) groups is 1. The minimum atomic E-state index is 0.0806. The van der Waals surface area contributed by atoms with Crippen molar-refractivity contribution >= 4 is 17.2 Å². The Hall–Kier alpha value is -1.07. The second-order valence-electron chi connectivity index (χ2n) is 4.50. The third kappa shape index (κ3) is 2.61. The zero-order valence-electron chi connectivity index (χ0n) is 10.4. The molecule has 0 aromatic carbocycles. The van der Waals surface area contributed by atoms with Crippen LogP contribution in [0.4, 0.5) is 0 Å². The number of piperazine rings is 1. The summed E-state index contributed by atoms with van der Waals surface area (Å²) >= 11 is 1.44. The van der Waals surface area contributed by atoms with Gasteiger partial charge < -0.3 is 15.0 Å². The smallest absolute Gasteiger partial charge is 0.267 e. The summed E-state index contributed by atoms with van der Waals surface area (Å²) < 4.78 is 5.20. The molecule has 2 unspecified atom stereocenters. The van der Waals surface area contributed by atoms with Gasteiger partial charge in [-0.1, -0.05) is 0 Å². The standard InChI is InChI=1S/C12H18N2O2S/c1-8-6-14(7-9(2)13-8)12(15)11-10(16-3)4-5-17-11/h4-5,8-9,13H,6-7H2,1-3H3. The van der Waals surface area contributed by atoms with E-state index in [4.69, 9.17) is 4.74 Å². The first-order valence-electron chi connectivity index (χ1n) is 5.78. The number of amides is 1. The molecule has 1 N–H and O–H groups in total.